The van der Waals surface area contributed by atoms with Crippen LogP contribution in [-0.4, -0.2) is 70.0 Å². The lowest BCUT2D eigenvalue weighted by Gasteiger charge is -2.43. The van der Waals surface area contributed by atoms with E-state index in [1.165, 1.54) is 16.7 Å². The number of thioether (sulfide) groups is 2. The molecule has 0 spiro atoms. The molecular weight excluding hydrogens is 346 g/mol. The van der Waals surface area contributed by atoms with Gasteiger partial charge in [-0.1, -0.05) is 11.8 Å². The molecule has 3 rings (SSSR count). The molecule has 0 aromatic carbocycles. The van der Waals surface area contributed by atoms with Crippen molar-refractivity contribution in [2.24, 2.45) is 0 Å². The van der Waals surface area contributed by atoms with Crippen molar-refractivity contribution in [2.75, 3.05) is 11.5 Å². The van der Waals surface area contributed by atoms with E-state index < -0.39 is 11.9 Å². The zero-order valence-electron chi connectivity index (χ0n) is 11.6. The minimum Gasteiger partial charge on any atom is -0.480 e. The summed E-state index contributed by atoms with van der Waals surface area (Å²) < 4.78 is 1.13. The van der Waals surface area contributed by atoms with E-state index in [1.54, 1.807) is 0 Å². The van der Waals surface area contributed by atoms with Crippen molar-refractivity contribution >= 4 is 41.4 Å². The van der Waals surface area contributed by atoms with Gasteiger partial charge in [-0.25, -0.2) is 9.48 Å². The molecule has 1 aromatic heterocycles. The summed E-state index contributed by atoms with van der Waals surface area (Å²) in [5.41, 5.74) is 0.622. The highest BCUT2D eigenvalue weighted by molar-refractivity contribution is 8.00. The lowest BCUT2D eigenvalue weighted by Crippen LogP contribution is -2.54. The lowest BCUT2D eigenvalue weighted by molar-refractivity contribution is -0.146. The second-order valence-corrected chi connectivity index (χ2v) is 6.90. The van der Waals surface area contributed by atoms with Crippen LogP contribution in [0.1, 0.15) is 6.42 Å². The fourth-order valence-electron chi connectivity index (χ4n) is 2.27. The number of amides is 1. The normalized spacial score (nSPS) is 20.3. The van der Waals surface area contributed by atoms with Crippen LogP contribution in [0.15, 0.2) is 16.4 Å². The number of aliphatic carboxylic acids is 2. The molecule has 0 bridgehead atoms. The van der Waals surface area contributed by atoms with E-state index in [2.05, 4.69) is 15.5 Å². The van der Waals surface area contributed by atoms with Gasteiger partial charge in [0.15, 0.2) is 0 Å². The van der Waals surface area contributed by atoms with Crippen molar-refractivity contribution in [3.63, 3.8) is 0 Å². The molecule has 12 heteroatoms. The largest absolute Gasteiger partial charge is 0.480 e. The van der Waals surface area contributed by atoms with Crippen molar-refractivity contribution in [1.82, 2.24) is 25.1 Å². The SMILES string of the molecule is O=C(O)Cn1nnnc1SCC1=C(C(=O)O)N2C(=O)C[C@H]2SC1. The number of aromatic nitrogens is 4. The first-order chi connectivity index (χ1) is 11.0. The summed E-state index contributed by atoms with van der Waals surface area (Å²) >= 11 is 2.66. The van der Waals surface area contributed by atoms with Gasteiger partial charge < -0.3 is 10.2 Å². The van der Waals surface area contributed by atoms with Crippen LogP contribution >= 0.6 is 23.5 Å². The number of hydrogen-bond donors (Lipinski definition) is 2. The lowest BCUT2D eigenvalue weighted by atomic mass is 10.1. The van der Waals surface area contributed by atoms with E-state index in [0.717, 1.165) is 16.4 Å². The van der Waals surface area contributed by atoms with Crippen LogP contribution < -0.4 is 0 Å². The third-order valence-electron chi connectivity index (χ3n) is 3.29. The Morgan fingerprint density at radius 1 is 1.39 bits per heavy atom. The van der Waals surface area contributed by atoms with Gasteiger partial charge in [0.2, 0.25) is 11.1 Å². The molecule has 1 saturated heterocycles. The average Bonchev–Trinajstić information content (AvgIpc) is 2.90. The second kappa shape index (κ2) is 6.20. The first-order valence-corrected chi connectivity index (χ1v) is 8.50. The van der Waals surface area contributed by atoms with Gasteiger partial charge in [-0.3, -0.25) is 14.5 Å². The third-order valence-corrected chi connectivity index (χ3v) is 5.61. The van der Waals surface area contributed by atoms with Gasteiger partial charge in [0, 0.05) is 11.5 Å². The fourth-order valence-corrected chi connectivity index (χ4v) is 4.55. The maximum atomic E-state index is 11.6. The van der Waals surface area contributed by atoms with E-state index >= 15 is 0 Å². The van der Waals surface area contributed by atoms with Crippen LogP contribution in [0, 0.1) is 0 Å². The molecule has 1 aromatic rings. The van der Waals surface area contributed by atoms with Crippen molar-refractivity contribution in [3.05, 3.63) is 11.3 Å². The Morgan fingerprint density at radius 2 is 2.17 bits per heavy atom. The van der Waals surface area contributed by atoms with Crippen molar-refractivity contribution < 1.29 is 24.6 Å². The standard InChI is InChI=1S/C11H11N5O5S2/c17-6-1-7-16(6)9(10(20)21)5(3-22-7)4-23-11-12-13-14-15(11)2-8(18)19/h7H,1-4H2,(H,18,19)(H,20,21)/t7-/m1/s1. The maximum Gasteiger partial charge on any atom is 0.352 e. The van der Waals surface area contributed by atoms with E-state index in [0.29, 0.717) is 17.7 Å². The molecule has 2 aliphatic heterocycles. The highest BCUT2D eigenvalue weighted by Gasteiger charge is 2.45. The highest BCUT2D eigenvalue weighted by Crippen LogP contribution is 2.40. The molecule has 2 N–H and O–H groups in total. The highest BCUT2D eigenvalue weighted by atomic mass is 32.2. The Bertz CT molecular complexity index is 717. The molecule has 2 aliphatic rings. The molecule has 122 valence electrons. The number of β-lactam (4-membered cyclic amide) rings is 1. The van der Waals surface area contributed by atoms with Gasteiger partial charge in [-0.2, -0.15) is 0 Å². The molecule has 10 nitrogen and oxygen atoms in total. The quantitative estimate of drug-likeness (QED) is 0.505. The third kappa shape index (κ3) is 3.03. The summed E-state index contributed by atoms with van der Waals surface area (Å²) in [6.07, 6.45) is 0.360. The summed E-state index contributed by atoms with van der Waals surface area (Å²) in [4.78, 5) is 35.2. The van der Waals surface area contributed by atoms with Gasteiger partial charge in [-0.15, -0.1) is 16.9 Å². The first-order valence-electron chi connectivity index (χ1n) is 6.47. The summed E-state index contributed by atoms with van der Waals surface area (Å²) in [5, 5.41) is 29.1. The Labute approximate surface area is 137 Å². The molecule has 0 saturated carbocycles. The smallest absolute Gasteiger partial charge is 0.352 e. The predicted molar refractivity (Wildman–Crippen MR) is 78.5 cm³/mol. The number of carboxylic acids is 2. The van der Waals surface area contributed by atoms with Gasteiger partial charge in [0.1, 0.15) is 12.2 Å². The Kier molecular flexibility index (Phi) is 4.26. The van der Waals surface area contributed by atoms with E-state index in [1.807, 2.05) is 0 Å². The molecule has 0 radical (unpaired) electrons. The fraction of sp³-hybridized carbons (Fsp3) is 0.455. The molecule has 1 fully saturated rings. The number of carboxylic acid groups (broad SMARTS) is 2. The van der Waals surface area contributed by atoms with E-state index in [-0.39, 0.29) is 34.4 Å². The molecule has 0 aliphatic carbocycles. The molecular formula is C11H11N5O5S2. The summed E-state index contributed by atoms with van der Waals surface area (Å²) in [5.74, 6) is -1.64. The number of nitrogens with zero attached hydrogens (tertiary/aromatic N) is 5. The predicted octanol–water partition coefficient (Wildman–Crippen LogP) is -0.506. The van der Waals surface area contributed by atoms with Crippen molar-refractivity contribution in [2.45, 2.75) is 23.5 Å². The van der Waals surface area contributed by atoms with Crippen LogP contribution in [0.4, 0.5) is 0 Å². The minimum absolute atomic E-state index is 0.0229. The van der Waals surface area contributed by atoms with E-state index in [4.69, 9.17) is 5.11 Å². The van der Waals surface area contributed by atoms with Crippen LogP contribution in [0.25, 0.3) is 0 Å². The van der Waals surface area contributed by atoms with Gasteiger partial charge in [0.25, 0.3) is 0 Å². The second-order valence-electron chi connectivity index (χ2n) is 4.79. The van der Waals surface area contributed by atoms with E-state index in [9.17, 15) is 19.5 Å². The number of fused-ring (bicyclic) bond motifs is 1. The summed E-state index contributed by atoms with van der Waals surface area (Å²) in [6.45, 7) is -0.373. The van der Waals surface area contributed by atoms with Crippen LogP contribution in [0.3, 0.4) is 0 Å². The Hall–Kier alpha value is -2.08. The van der Waals surface area contributed by atoms with Crippen molar-refractivity contribution in [3.8, 4) is 0 Å². The molecule has 0 unspecified atom stereocenters. The monoisotopic (exact) mass is 357 g/mol. The van der Waals surface area contributed by atoms with Crippen molar-refractivity contribution in [1.29, 1.82) is 0 Å². The zero-order valence-corrected chi connectivity index (χ0v) is 13.2. The topological polar surface area (TPSA) is 139 Å². The zero-order chi connectivity index (χ0) is 16.6. The molecule has 23 heavy (non-hydrogen) atoms. The van der Waals surface area contributed by atoms with Crippen LogP contribution in [0.2, 0.25) is 0 Å². The number of hydrogen-bond acceptors (Lipinski definition) is 8. The number of carbonyl (C=O) groups is 3. The maximum absolute atomic E-state index is 11.6. The molecule has 1 amide bonds. The minimum atomic E-state index is -1.14. The van der Waals surface area contributed by atoms with Gasteiger partial charge >= 0.3 is 11.9 Å². The summed E-state index contributed by atoms with van der Waals surface area (Å²) in [6, 6.07) is 0. The Balaban J connectivity index is 1.77. The molecule has 1 atom stereocenters. The first kappa shape index (κ1) is 15.8. The molecule has 3 heterocycles. The number of carbonyl (C=O) groups excluding carboxylic acids is 1. The number of rotatable bonds is 6. The Morgan fingerprint density at radius 3 is 2.83 bits per heavy atom. The number of tetrazole rings is 1. The van der Waals surface area contributed by atoms with Crippen LogP contribution in [-0.2, 0) is 20.9 Å². The average molecular weight is 357 g/mol. The summed E-state index contributed by atoms with van der Waals surface area (Å²) in [7, 11) is 0. The van der Waals surface area contributed by atoms with Crippen LogP contribution in [0.5, 0.6) is 0 Å². The van der Waals surface area contributed by atoms with Gasteiger partial charge in [-0.05, 0) is 16.0 Å². The van der Waals surface area contributed by atoms with Gasteiger partial charge in [0.05, 0.1) is 11.8 Å².